The second-order valence-electron chi connectivity index (χ2n) is 2.80. The predicted octanol–water partition coefficient (Wildman–Crippen LogP) is 2.50. The van der Waals surface area contributed by atoms with E-state index in [1.54, 1.807) is 0 Å². The highest BCUT2D eigenvalue weighted by Gasteiger charge is 2.05. The first-order valence-electron chi connectivity index (χ1n) is 4.51. The van der Waals surface area contributed by atoms with Gasteiger partial charge in [-0.15, -0.1) is 5.10 Å². The third kappa shape index (κ3) is 2.32. The molecule has 0 radical (unpaired) electrons. The van der Waals surface area contributed by atoms with Crippen LogP contribution in [0.4, 0.5) is 0 Å². The summed E-state index contributed by atoms with van der Waals surface area (Å²) in [5, 5.41) is 7.93. The Kier molecular flexibility index (Phi) is 4.55. The smallest absolute Gasteiger partial charge is 0.0825 e. The number of aryl methyl sites for hydroxylation is 1. The van der Waals surface area contributed by atoms with Crippen molar-refractivity contribution in [1.82, 2.24) is 15.0 Å². The van der Waals surface area contributed by atoms with Crippen molar-refractivity contribution in [3.63, 3.8) is 0 Å². The van der Waals surface area contributed by atoms with Crippen LogP contribution in [0, 0.1) is 13.8 Å². The minimum atomic E-state index is 0.418. The fraction of sp³-hybridized carbons (Fsp3) is 0.778. The molecule has 1 heterocycles. The van der Waals surface area contributed by atoms with Gasteiger partial charge in [0.1, 0.15) is 0 Å². The minimum absolute atomic E-state index is 0.418. The Morgan fingerprint density at radius 2 is 1.67 bits per heavy atom. The van der Waals surface area contributed by atoms with Crippen LogP contribution in [0.25, 0.3) is 0 Å². The van der Waals surface area contributed by atoms with Crippen molar-refractivity contribution < 1.29 is 0 Å². The molecule has 0 bridgehead atoms. The molecule has 0 atom stereocenters. The van der Waals surface area contributed by atoms with E-state index in [-0.39, 0.29) is 0 Å². The van der Waals surface area contributed by atoms with Crippen molar-refractivity contribution >= 4 is 0 Å². The first kappa shape index (κ1) is 11.1. The SMILES string of the molecule is CC.Cc1nnn(C(C)C)c1C. The Bertz CT molecular complexity index is 226. The zero-order valence-corrected chi connectivity index (χ0v) is 8.92. The van der Waals surface area contributed by atoms with Crippen LogP contribution in [0.2, 0.25) is 0 Å². The standard InChI is InChI=1S/C7H13N3.C2H6/c1-5(2)10-7(4)6(3)8-9-10;1-2/h5H,1-4H3;1-2H3. The van der Waals surface area contributed by atoms with E-state index in [4.69, 9.17) is 0 Å². The molecule has 0 saturated heterocycles. The summed E-state index contributed by atoms with van der Waals surface area (Å²) in [6.45, 7) is 12.2. The van der Waals surface area contributed by atoms with Crippen molar-refractivity contribution in [2.45, 2.75) is 47.6 Å². The molecule has 3 nitrogen and oxygen atoms in total. The molecule has 0 N–H and O–H groups in total. The highest BCUT2D eigenvalue weighted by molar-refractivity contribution is 5.05. The Morgan fingerprint density at radius 3 is 1.83 bits per heavy atom. The third-order valence-corrected chi connectivity index (χ3v) is 1.65. The summed E-state index contributed by atoms with van der Waals surface area (Å²) in [6.07, 6.45) is 0. The summed E-state index contributed by atoms with van der Waals surface area (Å²) in [6, 6.07) is 0.418. The van der Waals surface area contributed by atoms with Gasteiger partial charge in [0.15, 0.2) is 0 Å². The van der Waals surface area contributed by atoms with Gasteiger partial charge in [0.2, 0.25) is 0 Å². The Morgan fingerprint density at radius 1 is 1.17 bits per heavy atom. The largest absolute Gasteiger partial charge is 0.247 e. The summed E-state index contributed by atoms with van der Waals surface area (Å²) in [5.41, 5.74) is 2.18. The summed E-state index contributed by atoms with van der Waals surface area (Å²) < 4.78 is 1.93. The molecule has 0 fully saturated rings. The van der Waals surface area contributed by atoms with Gasteiger partial charge in [-0.3, -0.25) is 0 Å². The lowest BCUT2D eigenvalue weighted by atomic mass is 10.3. The first-order valence-corrected chi connectivity index (χ1v) is 4.51. The van der Waals surface area contributed by atoms with Crippen LogP contribution < -0.4 is 0 Å². The first-order chi connectivity index (χ1) is 5.63. The number of hydrogen-bond acceptors (Lipinski definition) is 2. The molecule has 1 rings (SSSR count). The van der Waals surface area contributed by atoms with Crippen molar-refractivity contribution in [3.05, 3.63) is 11.4 Å². The topological polar surface area (TPSA) is 30.7 Å². The van der Waals surface area contributed by atoms with Gasteiger partial charge in [-0.25, -0.2) is 4.68 Å². The van der Waals surface area contributed by atoms with E-state index >= 15 is 0 Å². The highest BCUT2D eigenvalue weighted by atomic mass is 15.4. The van der Waals surface area contributed by atoms with E-state index in [9.17, 15) is 0 Å². The third-order valence-electron chi connectivity index (χ3n) is 1.65. The van der Waals surface area contributed by atoms with E-state index in [2.05, 4.69) is 24.2 Å². The van der Waals surface area contributed by atoms with Crippen molar-refractivity contribution in [2.24, 2.45) is 0 Å². The number of rotatable bonds is 1. The fourth-order valence-electron chi connectivity index (χ4n) is 0.911. The van der Waals surface area contributed by atoms with Crippen LogP contribution in [0.15, 0.2) is 0 Å². The molecule has 0 aromatic carbocycles. The van der Waals surface area contributed by atoms with Crippen LogP contribution in [0.3, 0.4) is 0 Å². The van der Waals surface area contributed by atoms with Crippen LogP contribution in [0.1, 0.15) is 45.1 Å². The van der Waals surface area contributed by atoms with E-state index in [0.717, 1.165) is 11.4 Å². The van der Waals surface area contributed by atoms with Crippen molar-refractivity contribution in [1.29, 1.82) is 0 Å². The average Bonchev–Trinajstić information content (AvgIpc) is 2.37. The maximum atomic E-state index is 3.98. The van der Waals surface area contributed by atoms with E-state index in [0.29, 0.717) is 6.04 Å². The Hall–Kier alpha value is -0.860. The quantitative estimate of drug-likeness (QED) is 0.646. The fourth-order valence-corrected chi connectivity index (χ4v) is 0.911. The summed E-state index contributed by atoms with van der Waals surface area (Å²) in [4.78, 5) is 0. The molecule has 0 aliphatic heterocycles. The van der Waals surface area contributed by atoms with E-state index in [1.807, 2.05) is 32.4 Å². The Balaban J connectivity index is 0.000000561. The van der Waals surface area contributed by atoms with Gasteiger partial charge in [-0.2, -0.15) is 0 Å². The lowest BCUT2D eigenvalue weighted by Crippen LogP contribution is -2.04. The molecule has 1 aromatic rings. The van der Waals surface area contributed by atoms with E-state index in [1.165, 1.54) is 0 Å². The molecule has 0 aliphatic carbocycles. The maximum absolute atomic E-state index is 3.98. The molecule has 0 saturated carbocycles. The number of nitrogens with zero attached hydrogens (tertiary/aromatic N) is 3. The molecule has 70 valence electrons. The molecule has 0 spiro atoms. The monoisotopic (exact) mass is 169 g/mol. The van der Waals surface area contributed by atoms with Gasteiger partial charge in [0.05, 0.1) is 11.4 Å². The molecular weight excluding hydrogens is 150 g/mol. The average molecular weight is 169 g/mol. The van der Waals surface area contributed by atoms with Crippen LogP contribution >= 0.6 is 0 Å². The molecule has 1 aromatic heterocycles. The van der Waals surface area contributed by atoms with Crippen LogP contribution in [0.5, 0.6) is 0 Å². The van der Waals surface area contributed by atoms with Crippen LogP contribution in [-0.4, -0.2) is 15.0 Å². The van der Waals surface area contributed by atoms with Crippen molar-refractivity contribution in [3.8, 4) is 0 Å². The molecule has 3 heteroatoms. The van der Waals surface area contributed by atoms with Gasteiger partial charge in [-0.05, 0) is 27.7 Å². The summed E-state index contributed by atoms with van der Waals surface area (Å²) >= 11 is 0. The van der Waals surface area contributed by atoms with Gasteiger partial charge < -0.3 is 0 Å². The Labute approximate surface area is 74.8 Å². The lowest BCUT2D eigenvalue weighted by Gasteiger charge is -2.05. The van der Waals surface area contributed by atoms with Gasteiger partial charge in [-0.1, -0.05) is 19.1 Å². The summed E-state index contributed by atoms with van der Waals surface area (Å²) in [5.74, 6) is 0. The number of hydrogen-bond donors (Lipinski definition) is 0. The zero-order valence-electron chi connectivity index (χ0n) is 8.92. The minimum Gasteiger partial charge on any atom is -0.247 e. The highest BCUT2D eigenvalue weighted by Crippen LogP contribution is 2.07. The normalized spacial score (nSPS) is 9.58. The van der Waals surface area contributed by atoms with Gasteiger partial charge >= 0.3 is 0 Å². The summed E-state index contributed by atoms with van der Waals surface area (Å²) in [7, 11) is 0. The molecule has 12 heavy (non-hydrogen) atoms. The lowest BCUT2D eigenvalue weighted by molar-refractivity contribution is 0.502. The van der Waals surface area contributed by atoms with Crippen LogP contribution in [-0.2, 0) is 0 Å². The second-order valence-corrected chi connectivity index (χ2v) is 2.80. The molecule has 0 amide bonds. The molecular formula is C9H19N3. The van der Waals surface area contributed by atoms with Gasteiger partial charge in [0.25, 0.3) is 0 Å². The molecule has 0 unspecified atom stereocenters. The van der Waals surface area contributed by atoms with Crippen molar-refractivity contribution in [2.75, 3.05) is 0 Å². The molecule has 0 aliphatic rings. The zero-order chi connectivity index (χ0) is 9.72. The van der Waals surface area contributed by atoms with E-state index < -0.39 is 0 Å². The predicted molar refractivity (Wildman–Crippen MR) is 51.2 cm³/mol. The maximum Gasteiger partial charge on any atom is 0.0825 e. The second kappa shape index (κ2) is 4.91. The number of aromatic nitrogens is 3. The van der Waals surface area contributed by atoms with Gasteiger partial charge in [0, 0.05) is 6.04 Å².